The molecular weight excluding hydrogens is 1530 g/mol. The maximum atomic E-state index is 13.3. The zero-order valence-corrected chi connectivity index (χ0v) is 64.4. The van der Waals surface area contributed by atoms with Crippen LogP contribution in [-0.2, 0) is 17.4 Å². The summed E-state index contributed by atoms with van der Waals surface area (Å²) >= 11 is 10.2. The number of nitrogens with zero attached hydrogens (tertiary/aromatic N) is 17. The highest BCUT2D eigenvalue weighted by molar-refractivity contribution is 7.81. The van der Waals surface area contributed by atoms with Gasteiger partial charge in [0.25, 0.3) is 29.2 Å². The molecule has 8 heterocycles. The van der Waals surface area contributed by atoms with E-state index in [4.69, 9.17) is 65.3 Å². The molecule has 1 amide bonds. The van der Waals surface area contributed by atoms with E-state index >= 15 is 0 Å². The normalized spacial score (nSPS) is 11.6. The highest BCUT2D eigenvalue weighted by Crippen LogP contribution is 2.48. The third-order valence-corrected chi connectivity index (χ3v) is 17.1. The number of thiocarbonyl (C=S) groups is 2. The number of halogens is 3. The highest BCUT2D eigenvalue weighted by Gasteiger charge is 2.59. The molecule has 7 aromatic heterocycles. The minimum absolute atomic E-state index is 0. The molecule has 2 aliphatic carbocycles. The van der Waals surface area contributed by atoms with Crippen LogP contribution in [0.4, 0.5) is 70.6 Å². The summed E-state index contributed by atoms with van der Waals surface area (Å²) in [7, 11) is 1.64. The minimum Gasteiger partial charge on any atom is -0.399 e. The lowest BCUT2D eigenvalue weighted by atomic mass is 9.66. The van der Waals surface area contributed by atoms with Crippen molar-refractivity contribution in [3.8, 4) is 12.1 Å². The van der Waals surface area contributed by atoms with E-state index in [0.29, 0.717) is 45.6 Å². The number of alkyl halides is 3. The number of carbonyl (C=O) groups excluding carboxylic acids is 1. The Bertz CT molecular complexity index is 5060. The maximum absolute atomic E-state index is 13.3. The predicted octanol–water partition coefficient (Wildman–Crippen LogP) is 22.9. The summed E-state index contributed by atoms with van der Waals surface area (Å²) in [5, 5.41) is 30.4. The molecule has 1 aliphatic heterocycles. The zero-order chi connectivity index (χ0) is 81.1. The molecule has 4 N–H and O–H groups in total. The Morgan fingerprint density at radius 2 is 1.11 bits per heavy atom. The van der Waals surface area contributed by atoms with Crippen molar-refractivity contribution in [1.29, 1.82) is 10.5 Å². The van der Waals surface area contributed by atoms with Crippen molar-refractivity contribution in [2.45, 2.75) is 171 Å². The molecule has 1 saturated heterocycles. The molecule has 13 rings (SSSR count). The molecule has 1 spiro atoms. The third kappa shape index (κ3) is 33.1. The molecule has 3 radical (unpaired) electrons. The Balaban J connectivity index is -0.000000633. The van der Waals surface area contributed by atoms with Gasteiger partial charge in [-0.1, -0.05) is 162 Å². The van der Waals surface area contributed by atoms with Gasteiger partial charge in [-0.05, 0) is 219 Å². The lowest BCUT2D eigenvalue weighted by Crippen LogP contribution is -2.55. The van der Waals surface area contributed by atoms with Crippen LogP contribution < -0.4 is 30.8 Å². The van der Waals surface area contributed by atoms with E-state index in [2.05, 4.69) is 109 Å². The molecule has 3 aliphatic rings. The number of nitro groups is 1. The molecule has 0 unspecified atom stereocenters. The van der Waals surface area contributed by atoms with Crippen LogP contribution in [0, 0.1) is 127 Å². The van der Waals surface area contributed by atoms with Crippen LogP contribution >= 0.6 is 24.4 Å². The number of aliphatic imine (C=N–C) groups is 1. The second kappa shape index (κ2) is 54.3. The van der Waals surface area contributed by atoms with Crippen molar-refractivity contribution >= 4 is 106 Å². The summed E-state index contributed by atoms with van der Waals surface area (Å²) in [4.78, 5) is 70.9. The first-order chi connectivity index (χ1) is 52.4. The lowest BCUT2D eigenvalue weighted by molar-refractivity contribution is -0.885. The van der Waals surface area contributed by atoms with E-state index in [1.54, 1.807) is 48.3 Å². The maximum Gasteiger partial charge on any atom is 0.419 e. The van der Waals surface area contributed by atoms with Crippen molar-refractivity contribution < 1.29 is 32.5 Å². The number of nitrogens with two attached hydrogens (primary N) is 2. The number of aryl methyl sites for hydroxylation is 9. The number of hydrogen-bond donors (Lipinski definition) is 2. The van der Waals surface area contributed by atoms with Gasteiger partial charge < -0.3 is 35.7 Å². The van der Waals surface area contributed by atoms with E-state index in [-0.39, 0.29) is 88.9 Å². The fraction of sp³-hybridized carbons (Fsp3) is 0.303. The second-order valence-corrected chi connectivity index (χ2v) is 25.6. The van der Waals surface area contributed by atoms with Gasteiger partial charge in [0.1, 0.15) is 43.0 Å². The summed E-state index contributed by atoms with van der Waals surface area (Å²) in [5.74, 6) is 1.46. The monoisotopic (exact) mass is 1640 g/mol. The van der Waals surface area contributed by atoms with Gasteiger partial charge in [-0.15, -0.1) is 19.9 Å². The summed E-state index contributed by atoms with van der Waals surface area (Å²) in [6.45, 7) is 44.5. The number of rotatable bonds is 7. The average molecular weight is 1640 g/mol. The molecular formula is C89H107BF3N19O4S2+. The smallest absolute Gasteiger partial charge is 0.399 e. The Hall–Kier alpha value is -13.5. The number of nitriles is 2. The lowest BCUT2D eigenvalue weighted by Gasteiger charge is -2.43. The number of amides is 1. The van der Waals surface area contributed by atoms with Crippen LogP contribution in [-0.4, -0.2) is 72.1 Å². The van der Waals surface area contributed by atoms with Crippen molar-refractivity contribution in [1.82, 2.24) is 29.9 Å². The fourth-order valence-corrected chi connectivity index (χ4v) is 10.9. The van der Waals surface area contributed by atoms with Gasteiger partial charge in [-0.2, -0.15) is 28.7 Å². The van der Waals surface area contributed by atoms with Crippen molar-refractivity contribution in [3.05, 3.63) is 312 Å². The SMILES string of the molecule is C.C.C.C.C.C.C.CO[n+]1cccc(C)c1.Cc1ccc(CC2(C#N)CCC2)cc1.Cc1ccc(N)cc1.Cc1cccnc1.N#Cc1ncc(N)cc1C(F)(F)F.[B].[C-]#[N+]c1ncc(N2C(=O)C3(CCC3)N(c3ccc(C)cc3)C2=S)cc1C.[C-]#[N+]c1ncc(N=C=S)cc1C.[C-]#[N+]c1ncc([N+](=O)[O-])cc1C.[C-]#[N+]c1ncccc1C. The quantitative estimate of drug-likeness (QED) is 0.0219. The molecule has 29 heteroatoms. The average Bonchev–Trinajstić information content (AvgIpc) is 1.55. The van der Waals surface area contributed by atoms with Crippen molar-refractivity contribution in [2.75, 3.05) is 28.4 Å². The van der Waals surface area contributed by atoms with E-state index in [1.807, 2.05) is 163 Å². The number of isothiocyanates is 1. The number of carbonyl (C=O) groups is 1. The van der Waals surface area contributed by atoms with Gasteiger partial charge in [0.15, 0.2) is 17.0 Å². The topological polar surface area (TPSA) is 287 Å². The van der Waals surface area contributed by atoms with Gasteiger partial charge in [0.05, 0.1) is 44.7 Å². The van der Waals surface area contributed by atoms with Crippen LogP contribution in [0.1, 0.15) is 157 Å². The summed E-state index contributed by atoms with van der Waals surface area (Å²) < 4.78 is 38.2. The fourth-order valence-electron chi connectivity index (χ4n) is 10.4. The summed E-state index contributed by atoms with van der Waals surface area (Å²) in [5.41, 5.74) is 21.4. The van der Waals surface area contributed by atoms with E-state index in [0.717, 1.165) is 79.0 Å². The Kier molecular flexibility index (Phi) is 51.0. The van der Waals surface area contributed by atoms with Crippen LogP contribution in [0.25, 0.3) is 19.4 Å². The Morgan fingerprint density at radius 1 is 0.610 bits per heavy atom. The standard InChI is InChI=1S/C20H18N4OS.C13H15N.C8H5N3S.C7H4F3N3.C7H5N3O2.C7H6N2.C7H10NO.C7H9N.C6H7N.7CH4.B/c1-13-5-7-15(8-6-13)24-19(26)23(18(25)20(24)9-4-10-20)16-11-14(2)17(21-3)22-12-16;1-11-3-5-12(6-4-11)9-13(10-14)7-2-8-13;1-6-3-7(11-5-12)4-10-8(6)9-2;8-7(9,10)5-1-4(12)3-13-6(5)2-11;1-5-3-6(10(11)12)4-9-7(5)8-2;1-6-4-3-5-9-7(6)8-2;1-7-4-3-5-8(6-7)9-2;1-6-2-4-7(8)5-3-6;1-6-3-2-4-7-5-6;;;;;;;;/h5-8,11-12H,4,9-10H2,1-2H3;3-6H,2,7-9H2,1H3;3-4H,1H3;1,3H,12H2;3-4H,1H3;3-5H,1H3;3-6H,1-2H3;2-5H,8H2,1H3;2-5H,1H3;7*1H4;/q;;;;;;+1;;;;;;;;;;. The first-order valence-corrected chi connectivity index (χ1v) is 34.5. The molecule has 118 heavy (non-hydrogen) atoms. The third-order valence-electron chi connectivity index (χ3n) is 16.6. The van der Waals surface area contributed by atoms with E-state index in [1.165, 1.54) is 58.1 Å². The largest absolute Gasteiger partial charge is 0.419 e. The van der Waals surface area contributed by atoms with Crippen molar-refractivity contribution in [3.63, 3.8) is 0 Å². The van der Waals surface area contributed by atoms with Gasteiger partial charge in [0, 0.05) is 54.6 Å². The summed E-state index contributed by atoms with van der Waals surface area (Å²) in [6, 6.07) is 45.5. The van der Waals surface area contributed by atoms with Gasteiger partial charge in [-0.3, -0.25) is 29.6 Å². The number of aromatic nitrogens is 7. The molecule has 0 atom stereocenters. The molecule has 2 saturated carbocycles. The van der Waals surface area contributed by atoms with Gasteiger partial charge >= 0.3 is 11.9 Å². The first kappa shape index (κ1) is 111. The Morgan fingerprint density at radius 3 is 1.50 bits per heavy atom. The number of pyridine rings is 7. The highest BCUT2D eigenvalue weighted by atomic mass is 32.1. The minimum atomic E-state index is -4.59. The molecule has 0 bridgehead atoms. The second-order valence-electron chi connectivity index (χ2n) is 25.1. The van der Waals surface area contributed by atoms with E-state index in [9.17, 15) is 28.1 Å². The predicted molar refractivity (Wildman–Crippen MR) is 479 cm³/mol. The van der Waals surface area contributed by atoms with Crippen LogP contribution in [0.3, 0.4) is 0 Å². The molecule has 10 aromatic rings. The first-order valence-electron chi connectivity index (χ1n) is 33.6. The Labute approximate surface area is 709 Å². The van der Waals surface area contributed by atoms with Crippen molar-refractivity contribution in [2.24, 2.45) is 10.4 Å². The van der Waals surface area contributed by atoms with Gasteiger partial charge in [-0.25, -0.2) is 4.98 Å². The molecule has 23 nitrogen and oxygen atoms in total. The number of anilines is 4. The van der Waals surface area contributed by atoms with Crippen LogP contribution in [0.5, 0.6) is 0 Å². The van der Waals surface area contributed by atoms with E-state index < -0.39 is 27.9 Å². The number of nitrogen functional groups attached to an aromatic ring is 2. The number of benzene rings is 3. The number of hydrogen-bond acceptors (Lipinski definition) is 17. The molecule has 617 valence electrons. The van der Waals surface area contributed by atoms with Crippen LogP contribution in [0.15, 0.2) is 194 Å². The zero-order valence-electron chi connectivity index (χ0n) is 62.8. The summed E-state index contributed by atoms with van der Waals surface area (Å²) in [6.07, 6.45) is 16.5. The molecule has 3 aromatic carbocycles. The van der Waals surface area contributed by atoms with Gasteiger partial charge in [0.2, 0.25) is 12.4 Å². The molecule has 3 fully saturated rings. The van der Waals surface area contributed by atoms with Crippen LogP contribution in [0.2, 0.25) is 0 Å².